The third-order valence-corrected chi connectivity index (χ3v) is 3.62. The van der Waals surface area contributed by atoms with Gasteiger partial charge in [-0.1, -0.05) is 39.1 Å². The summed E-state index contributed by atoms with van der Waals surface area (Å²) in [6.45, 7) is 0. The maximum Gasteiger partial charge on any atom is 0.187 e. The normalized spacial score (nSPS) is 10.8. The first kappa shape index (κ1) is 15.1. The molecule has 0 amide bonds. The molecular weight excluding hydrogens is 361 g/mol. The van der Waals surface area contributed by atoms with Gasteiger partial charge in [0.25, 0.3) is 0 Å². The highest BCUT2D eigenvalue weighted by Gasteiger charge is 2.02. The lowest BCUT2D eigenvalue weighted by molar-refractivity contribution is 0.104. The van der Waals surface area contributed by atoms with Crippen LogP contribution in [0.5, 0.6) is 0 Å². The highest BCUT2D eigenvalue weighted by Crippen LogP contribution is 2.25. The van der Waals surface area contributed by atoms with E-state index in [4.69, 9.17) is 23.2 Å². The molecule has 102 valence electrons. The minimum Gasteiger partial charge on any atom is -0.360 e. The number of allylic oxidation sites excluding steroid dienone is 1. The molecule has 0 saturated carbocycles. The van der Waals surface area contributed by atoms with Crippen molar-refractivity contribution >= 4 is 50.6 Å². The van der Waals surface area contributed by atoms with Gasteiger partial charge in [0, 0.05) is 27.3 Å². The first-order valence-electron chi connectivity index (χ1n) is 5.74. The zero-order valence-corrected chi connectivity index (χ0v) is 13.3. The second-order valence-corrected chi connectivity index (χ2v) is 5.73. The largest absolute Gasteiger partial charge is 0.360 e. The number of benzene rings is 2. The summed E-state index contributed by atoms with van der Waals surface area (Å²) in [5, 5.41) is 4.05. The Kier molecular flexibility index (Phi) is 5.24. The molecule has 0 aliphatic carbocycles. The Morgan fingerprint density at radius 1 is 1.10 bits per heavy atom. The van der Waals surface area contributed by atoms with Crippen LogP contribution in [0.15, 0.2) is 59.2 Å². The van der Waals surface area contributed by atoms with Gasteiger partial charge in [0.15, 0.2) is 5.78 Å². The number of carbonyl (C=O) groups is 1. The molecule has 2 aromatic carbocycles. The van der Waals surface area contributed by atoms with Crippen LogP contribution in [0.2, 0.25) is 10.0 Å². The Bertz CT molecular complexity index is 653. The Hall–Kier alpha value is -1.29. The number of hydrogen-bond acceptors (Lipinski definition) is 2. The van der Waals surface area contributed by atoms with Crippen molar-refractivity contribution in [1.82, 2.24) is 0 Å². The monoisotopic (exact) mass is 369 g/mol. The van der Waals surface area contributed by atoms with E-state index in [1.165, 1.54) is 6.08 Å². The summed E-state index contributed by atoms with van der Waals surface area (Å²) in [6, 6.07) is 12.2. The average molecular weight is 371 g/mol. The van der Waals surface area contributed by atoms with Crippen LogP contribution in [0.25, 0.3) is 0 Å². The topological polar surface area (TPSA) is 29.1 Å². The van der Waals surface area contributed by atoms with Gasteiger partial charge >= 0.3 is 0 Å². The second-order valence-electron chi connectivity index (χ2n) is 3.97. The molecule has 2 rings (SSSR count). The molecule has 0 bridgehead atoms. The van der Waals surface area contributed by atoms with Crippen molar-refractivity contribution in [1.29, 1.82) is 0 Å². The summed E-state index contributed by atoms with van der Waals surface area (Å²) in [5.41, 5.74) is 1.27. The van der Waals surface area contributed by atoms with E-state index in [2.05, 4.69) is 21.2 Å². The van der Waals surface area contributed by atoms with E-state index >= 15 is 0 Å². The molecule has 1 N–H and O–H groups in total. The molecular formula is C15H10BrCl2NO. The Morgan fingerprint density at radius 3 is 2.50 bits per heavy atom. The summed E-state index contributed by atoms with van der Waals surface area (Å²) in [5.74, 6) is -0.0943. The first-order valence-corrected chi connectivity index (χ1v) is 7.29. The van der Waals surface area contributed by atoms with Gasteiger partial charge in [-0.15, -0.1) is 0 Å². The highest BCUT2D eigenvalue weighted by atomic mass is 79.9. The minimum absolute atomic E-state index is 0.0943. The zero-order valence-electron chi connectivity index (χ0n) is 10.2. The third-order valence-electron chi connectivity index (χ3n) is 2.53. The first-order chi connectivity index (χ1) is 9.56. The maximum absolute atomic E-state index is 11.9. The van der Waals surface area contributed by atoms with Crippen LogP contribution in [-0.2, 0) is 0 Å². The van der Waals surface area contributed by atoms with Crippen molar-refractivity contribution in [2.45, 2.75) is 0 Å². The quantitative estimate of drug-likeness (QED) is 0.563. The third kappa shape index (κ3) is 4.10. The fourth-order valence-corrected chi connectivity index (χ4v) is 2.13. The molecule has 0 fully saturated rings. The standard InChI is InChI=1S/C15H10BrCl2NO/c16-11-3-1-10(2-4-11)15(20)7-8-19-14-9-12(17)5-6-13(14)18/h1-9,19H/b8-7+. The lowest BCUT2D eigenvalue weighted by Gasteiger charge is -2.04. The van der Waals surface area contributed by atoms with Crippen molar-refractivity contribution in [2.75, 3.05) is 5.32 Å². The number of nitrogens with one attached hydrogen (secondary N) is 1. The predicted octanol–water partition coefficient (Wildman–Crippen LogP) is 5.56. The van der Waals surface area contributed by atoms with Crippen LogP contribution in [0.1, 0.15) is 10.4 Å². The number of rotatable bonds is 4. The van der Waals surface area contributed by atoms with E-state index in [-0.39, 0.29) is 5.78 Å². The van der Waals surface area contributed by atoms with E-state index in [9.17, 15) is 4.79 Å². The van der Waals surface area contributed by atoms with Crippen LogP contribution in [0, 0.1) is 0 Å². The van der Waals surface area contributed by atoms with Crippen LogP contribution < -0.4 is 5.32 Å². The van der Waals surface area contributed by atoms with Crippen LogP contribution >= 0.6 is 39.1 Å². The van der Waals surface area contributed by atoms with Crippen LogP contribution in [0.4, 0.5) is 5.69 Å². The summed E-state index contributed by atoms with van der Waals surface area (Å²) in [6.07, 6.45) is 2.99. The fraction of sp³-hybridized carbons (Fsp3) is 0. The number of anilines is 1. The molecule has 0 aliphatic heterocycles. The van der Waals surface area contributed by atoms with Gasteiger partial charge in [-0.25, -0.2) is 0 Å². The van der Waals surface area contributed by atoms with E-state index in [0.717, 1.165) is 4.47 Å². The second kappa shape index (κ2) is 6.93. The number of hydrogen-bond donors (Lipinski definition) is 1. The summed E-state index contributed by atoms with van der Waals surface area (Å²) >= 11 is 15.2. The molecule has 5 heteroatoms. The smallest absolute Gasteiger partial charge is 0.187 e. The maximum atomic E-state index is 11.9. The number of carbonyl (C=O) groups excluding carboxylic acids is 1. The van der Waals surface area contributed by atoms with Crippen LogP contribution in [0.3, 0.4) is 0 Å². The molecule has 2 aromatic rings. The van der Waals surface area contributed by atoms with E-state index < -0.39 is 0 Å². The van der Waals surface area contributed by atoms with Gasteiger partial charge in [0.05, 0.1) is 10.7 Å². The summed E-state index contributed by atoms with van der Waals surface area (Å²) in [7, 11) is 0. The molecule has 0 unspecified atom stereocenters. The molecule has 0 radical (unpaired) electrons. The SMILES string of the molecule is O=C(/C=C/Nc1cc(Cl)ccc1Cl)c1ccc(Br)cc1. The molecule has 0 aromatic heterocycles. The number of halogens is 3. The van der Waals surface area contributed by atoms with Crippen molar-refractivity contribution in [3.63, 3.8) is 0 Å². The highest BCUT2D eigenvalue weighted by molar-refractivity contribution is 9.10. The Morgan fingerprint density at radius 2 is 1.80 bits per heavy atom. The van der Waals surface area contributed by atoms with Gasteiger partial charge in [0.2, 0.25) is 0 Å². The zero-order chi connectivity index (χ0) is 14.5. The lowest BCUT2D eigenvalue weighted by Crippen LogP contribution is -1.96. The Balaban J connectivity index is 2.04. The predicted molar refractivity (Wildman–Crippen MR) is 87.7 cm³/mol. The molecule has 20 heavy (non-hydrogen) atoms. The molecule has 0 heterocycles. The van der Waals surface area contributed by atoms with Gasteiger partial charge < -0.3 is 5.32 Å². The molecule has 0 aliphatic rings. The molecule has 2 nitrogen and oxygen atoms in total. The van der Waals surface area contributed by atoms with Crippen molar-refractivity contribution in [3.8, 4) is 0 Å². The Labute approximate surface area is 135 Å². The van der Waals surface area contributed by atoms with Crippen molar-refractivity contribution < 1.29 is 4.79 Å². The molecule has 0 saturated heterocycles. The summed E-state index contributed by atoms with van der Waals surface area (Å²) in [4.78, 5) is 11.9. The van der Waals surface area contributed by atoms with E-state index in [0.29, 0.717) is 21.3 Å². The van der Waals surface area contributed by atoms with E-state index in [1.54, 1.807) is 36.5 Å². The van der Waals surface area contributed by atoms with Crippen LogP contribution in [-0.4, -0.2) is 5.78 Å². The van der Waals surface area contributed by atoms with E-state index in [1.807, 2.05) is 12.1 Å². The lowest BCUT2D eigenvalue weighted by atomic mass is 10.1. The fourth-order valence-electron chi connectivity index (χ4n) is 1.53. The van der Waals surface area contributed by atoms with Crippen molar-refractivity contribution in [2.24, 2.45) is 0 Å². The minimum atomic E-state index is -0.0943. The van der Waals surface area contributed by atoms with Gasteiger partial charge in [-0.2, -0.15) is 0 Å². The van der Waals surface area contributed by atoms with Crippen molar-refractivity contribution in [3.05, 3.63) is 74.8 Å². The average Bonchev–Trinajstić information content (AvgIpc) is 2.43. The van der Waals surface area contributed by atoms with Gasteiger partial charge in [-0.05, 0) is 42.5 Å². The van der Waals surface area contributed by atoms with Gasteiger partial charge in [-0.3, -0.25) is 4.79 Å². The molecule has 0 spiro atoms. The van der Waals surface area contributed by atoms with Gasteiger partial charge in [0.1, 0.15) is 0 Å². The number of ketones is 1. The molecule has 0 atom stereocenters. The summed E-state index contributed by atoms with van der Waals surface area (Å²) < 4.78 is 0.932.